The fraction of sp³-hybridized carbons (Fsp3) is 1.00. The standard InChI is InChI=1S/C29H50O2/c1-19(2)9-8-10-20(3)22-11-15-27(7)25(22,5)17-18-28-26(6)14-13-24(30)21(4)23(26)12-16-29(27,28)31-28/h19-24,30H,8-18H2,1-7H3. The Bertz CT molecular complexity index is 718. The molecule has 5 fully saturated rings. The van der Waals surface area contributed by atoms with Gasteiger partial charge in [-0.15, -0.1) is 0 Å². The Balaban J connectivity index is 1.42. The van der Waals surface area contributed by atoms with Crippen molar-refractivity contribution >= 4 is 0 Å². The van der Waals surface area contributed by atoms with Crippen molar-refractivity contribution in [2.75, 3.05) is 0 Å². The number of hydrogen-bond acceptors (Lipinski definition) is 2. The Hall–Kier alpha value is -0.0800. The molecular formula is C29H50O2. The summed E-state index contributed by atoms with van der Waals surface area (Å²) in [6.45, 7) is 17.5. The Morgan fingerprint density at radius 1 is 0.839 bits per heavy atom. The average Bonchev–Trinajstić information content (AvgIpc) is 3.34. The number of ether oxygens (including phenoxy) is 1. The van der Waals surface area contributed by atoms with E-state index in [-0.39, 0.29) is 22.7 Å². The van der Waals surface area contributed by atoms with Crippen LogP contribution < -0.4 is 0 Å². The van der Waals surface area contributed by atoms with Crippen molar-refractivity contribution in [1.29, 1.82) is 0 Å². The monoisotopic (exact) mass is 430 g/mol. The molecule has 178 valence electrons. The molecule has 5 rings (SSSR count). The number of aliphatic hydroxyl groups is 1. The smallest absolute Gasteiger partial charge is 0.104 e. The Labute approximate surface area is 192 Å². The lowest BCUT2D eigenvalue weighted by molar-refractivity contribution is -0.126. The van der Waals surface area contributed by atoms with E-state index in [1.807, 2.05) is 0 Å². The van der Waals surface area contributed by atoms with Crippen molar-refractivity contribution in [3.05, 3.63) is 0 Å². The summed E-state index contributed by atoms with van der Waals surface area (Å²) < 4.78 is 7.21. The highest BCUT2D eigenvalue weighted by Crippen LogP contribution is 2.85. The Kier molecular flexibility index (Phi) is 5.10. The number of aliphatic hydroxyl groups excluding tert-OH is 1. The molecule has 1 heterocycles. The number of rotatable bonds is 5. The SMILES string of the molecule is CC(C)CCCC(C)C1CCC2(C)C1(C)CCC13OC21CCC1C(C)C(O)CCC13C. The maximum atomic E-state index is 10.6. The molecule has 2 heteroatoms. The first-order valence-corrected chi connectivity index (χ1v) is 13.9. The molecule has 0 radical (unpaired) electrons. The molecule has 1 N–H and O–H groups in total. The minimum atomic E-state index is -0.104. The molecule has 0 aromatic rings. The lowest BCUT2D eigenvalue weighted by atomic mass is 9.39. The van der Waals surface area contributed by atoms with Gasteiger partial charge in [0.25, 0.3) is 0 Å². The normalized spacial score (nSPS) is 56.4. The van der Waals surface area contributed by atoms with Crippen LogP contribution in [0.2, 0.25) is 0 Å². The zero-order valence-electron chi connectivity index (χ0n) is 21.6. The Morgan fingerprint density at radius 2 is 1.58 bits per heavy atom. The molecule has 10 unspecified atom stereocenters. The van der Waals surface area contributed by atoms with E-state index in [4.69, 9.17) is 4.74 Å². The van der Waals surface area contributed by atoms with Gasteiger partial charge in [-0.2, -0.15) is 0 Å². The molecule has 31 heavy (non-hydrogen) atoms. The van der Waals surface area contributed by atoms with Gasteiger partial charge in [0.2, 0.25) is 0 Å². The molecule has 0 spiro atoms. The van der Waals surface area contributed by atoms with E-state index in [0.29, 0.717) is 22.7 Å². The van der Waals surface area contributed by atoms with Crippen LogP contribution in [0, 0.1) is 45.8 Å². The predicted molar refractivity (Wildman–Crippen MR) is 128 cm³/mol. The van der Waals surface area contributed by atoms with Gasteiger partial charge in [0.1, 0.15) is 11.2 Å². The van der Waals surface area contributed by atoms with Crippen LogP contribution in [-0.4, -0.2) is 22.4 Å². The second kappa shape index (κ2) is 6.97. The first-order valence-electron chi connectivity index (χ1n) is 13.9. The number of hydrogen-bond donors (Lipinski definition) is 1. The molecule has 1 aliphatic heterocycles. The van der Waals surface area contributed by atoms with E-state index < -0.39 is 0 Å². The molecule has 2 nitrogen and oxygen atoms in total. The van der Waals surface area contributed by atoms with Crippen molar-refractivity contribution in [3.63, 3.8) is 0 Å². The van der Waals surface area contributed by atoms with Crippen LogP contribution in [0.25, 0.3) is 0 Å². The van der Waals surface area contributed by atoms with Gasteiger partial charge >= 0.3 is 0 Å². The molecule has 0 amide bonds. The largest absolute Gasteiger partial charge is 0.393 e. The van der Waals surface area contributed by atoms with E-state index in [1.165, 1.54) is 57.8 Å². The zero-order chi connectivity index (χ0) is 22.4. The van der Waals surface area contributed by atoms with Crippen LogP contribution in [-0.2, 0) is 4.74 Å². The molecule has 4 aliphatic carbocycles. The molecule has 1 saturated heterocycles. The van der Waals surface area contributed by atoms with Crippen molar-refractivity contribution in [1.82, 2.24) is 0 Å². The lowest BCUT2D eigenvalue weighted by Gasteiger charge is -2.62. The summed E-state index contributed by atoms with van der Waals surface area (Å²) in [6, 6.07) is 0. The summed E-state index contributed by atoms with van der Waals surface area (Å²) in [5.41, 5.74) is 1.22. The first kappa shape index (κ1) is 22.7. The number of fused-ring (bicyclic) bond motifs is 2. The topological polar surface area (TPSA) is 32.8 Å². The van der Waals surface area contributed by atoms with Gasteiger partial charge in [-0.3, -0.25) is 0 Å². The summed E-state index contributed by atoms with van der Waals surface area (Å²) in [4.78, 5) is 0. The fourth-order valence-electron chi connectivity index (χ4n) is 10.6. The van der Waals surface area contributed by atoms with Gasteiger partial charge in [0.05, 0.1) is 6.10 Å². The molecule has 0 bridgehead atoms. The van der Waals surface area contributed by atoms with Crippen molar-refractivity contribution < 1.29 is 9.84 Å². The van der Waals surface area contributed by atoms with Crippen LogP contribution in [0.3, 0.4) is 0 Å². The summed E-state index contributed by atoms with van der Waals surface area (Å²) in [5.74, 6) is 3.59. The predicted octanol–water partition coefficient (Wildman–Crippen LogP) is 7.38. The third kappa shape index (κ3) is 2.59. The minimum absolute atomic E-state index is 0.0986. The zero-order valence-corrected chi connectivity index (χ0v) is 21.6. The summed E-state index contributed by atoms with van der Waals surface area (Å²) >= 11 is 0. The van der Waals surface area contributed by atoms with E-state index in [2.05, 4.69) is 48.5 Å². The average molecular weight is 431 g/mol. The van der Waals surface area contributed by atoms with Crippen molar-refractivity contribution in [3.8, 4) is 0 Å². The van der Waals surface area contributed by atoms with Crippen LogP contribution >= 0.6 is 0 Å². The maximum absolute atomic E-state index is 10.6. The first-order chi connectivity index (χ1) is 14.5. The Morgan fingerprint density at radius 3 is 2.29 bits per heavy atom. The van der Waals surface area contributed by atoms with Gasteiger partial charge in [-0.1, -0.05) is 67.7 Å². The molecule has 5 aliphatic rings. The second-order valence-corrected chi connectivity index (χ2v) is 14.0. The third-order valence-corrected chi connectivity index (χ3v) is 12.8. The highest BCUT2D eigenvalue weighted by Gasteiger charge is 2.89. The van der Waals surface area contributed by atoms with Crippen LogP contribution in [0.4, 0.5) is 0 Å². The lowest BCUT2D eigenvalue weighted by Crippen LogP contribution is -2.64. The summed E-state index contributed by atoms with van der Waals surface area (Å²) in [6.07, 6.45) is 14.1. The van der Waals surface area contributed by atoms with Crippen LogP contribution in [0.1, 0.15) is 119 Å². The highest BCUT2D eigenvalue weighted by molar-refractivity contribution is 5.37. The molecule has 0 aromatic heterocycles. The molecular weight excluding hydrogens is 380 g/mol. The van der Waals surface area contributed by atoms with Gasteiger partial charge in [0, 0.05) is 10.8 Å². The highest BCUT2D eigenvalue weighted by atomic mass is 16.6. The van der Waals surface area contributed by atoms with Gasteiger partial charge in [-0.05, 0) is 86.4 Å². The van der Waals surface area contributed by atoms with Gasteiger partial charge < -0.3 is 9.84 Å². The van der Waals surface area contributed by atoms with Crippen molar-refractivity contribution in [2.24, 2.45) is 45.8 Å². The van der Waals surface area contributed by atoms with E-state index in [1.54, 1.807) is 0 Å². The maximum Gasteiger partial charge on any atom is 0.104 e. The quantitative estimate of drug-likeness (QED) is 0.461. The fourth-order valence-corrected chi connectivity index (χ4v) is 10.6. The van der Waals surface area contributed by atoms with Crippen LogP contribution in [0.5, 0.6) is 0 Å². The van der Waals surface area contributed by atoms with Gasteiger partial charge in [0.15, 0.2) is 0 Å². The van der Waals surface area contributed by atoms with E-state index in [0.717, 1.165) is 30.6 Å². The van der Waals surface area contributed by atoms with Gasteiger partial charge in [-0.25, -0.2) is 0 Å². The van der Waals surface area contributed by atoms with Crippen LogP contribution in [0.15, 0.2) is 0 Å². The van der Waals surface area contributed by atoms with Crippen molar-refractivity contribution in [2.45, 2.75) is 136 Å². The molecule has 4 saturated carbocycles. The molecule has 10 atom stereocenters. The second-order valence-electron chi connectivity index (χ2n) is 14.0. The third-order valence-electron chi connectivity index (χ3n) is 12.8. The van der Waals surface area contributed by atoms with E-state index >= 15 is 0 Å². The molecule has 0 aromatic carbocycles. The van der Waals surface area contributed by atoms with E-state index in [9.17, 15) is 5.11 Å². The number of epoxide rings is 1. The minimum Gasteiger partial charge on any atom is -0.393 e. The summed E-state index contributed by atoms with van der Waals surface area (Å²) in [5, 5.41) is 10.6. The summed E-state index contributed by atoms with van der Waals surface area (Å²) in [7, 11) is 0.